The number of nitrogens with zero attached hydrogens (tertiary/aromatic N) is 3. The van der Waals surface area contributed by atoms with Gasteiger partial charge in [-0.2, -0.15) is 0 Å². The van der Waals surface area contributed by atoms with Crippen LogP contribution < -0.4 is 10.2 Å². The highest BCUT2D eigenvalue weighted by molar-refractivity contribution is 7.98. The molecule has 0 amide bonds. The third-order valence-corrected chi connectivity index (χ3v) is 3.56. The number of hydrogen-bond acceptors (Lipinski definition) is 6. The molecule has 19 heavy (non-hydrogen) atoms. The zero-order chi connectivity index (χ0) is 13.7. The Labute approximate surface area is 119 Å². The Hall–Kier alpha value is -1.01. The first-order valence-corrected chi connectivity index (χ1v) is 7.99. The van der Waals surface area contributed by atoms with E-state index in [1.54, 1.807) is 11.8 Å². The third kappa shape index (κ3) is 3.98. The number of anilines is 2. The van der Waals surface area contributed by atoms with Crippen molar-refractivity contribution in [2.45, 2.75) is 31.5 Å². The van der Waals surface area contributed by atoms with Gasteiger partial charge in [-0.1, -0.05) is 11.8 Å². The Balaban J connectivity index is 2.23. The van der Waals surface area contributed by atoms with Crippen molar-refractivity contribution in [2.24, 2.45) is 0 Å². The monoisotopic (exact) mass is 282 g/mol. The fraction of sp³-hybridized carbons (Fsp3) is 0.692. The predicted octanol–water partition coefficient (Wildman–Crippen LogP) is 2.25. The number of thioether (sulfide) groups is 1. The average molecular weight is 282 g/mol. The van der Waals surface area contributed by atoms with Crippen LogP contribution in [0.5, 0.6) is 0 Å². The second-order valence-electron chi connectivity index (χ2n) is 4.61. The van der Waals surface area contributed by atoms with E-state index in [1.807, 2.05) is 12.3 Å². The lowest BCUT2D eigenvalue weighted by atomic mass is 10.3. The fourth-order valence-electron chi connectivity index (χ4n) is 2.14. The molecule has 106 valence electrons. The summed E-state index contributed by atoms with van der Waals surface area (Å²) in [6.45, 7) is 7.75. The molecule has 1 unspecified atom stereocenters. The standard InChI is InChI=1S/C13H22N4OS/c1-4-14-11-8-12(16-13(15-11)19-3)17-6-5-7-18-10(2)9-17/h8,10H,4-7,9H2,1-3H3,(H,14,15,16). The maximum atomic E-state index is 5.68. The molecule has 1 N–H and O–H groups in total. The Morgan fingerprint density at radius 1 is 1.53 bits per heavy atom. The van der Waals surface area contributed by atoms with Crippen molar-refractivity contribution < 1.29 is 4.74 Å². The van der Waals surface area contributed by atoms with E-state index in [4.69, 9.17) is 4.74 Å². The van der Waals surface area contributed by atoms with E-state index >= 15 is 0 Å². The number of ether oxygens (including phenoxy) is 1. The van der Waals surface area contributed by atoms with E-state index in [-0.39, 0.29) is 6.10 Å². The zero-order valence-electron chi connectivity index (χ0n) is 11.8. The molecule has 1 aromatic rings. The van der Waals surface area contributed by atoms with Crippen LogP contribution in [-0.4, -0.2) is 48.6 Å². The van der Waals surface area contributed by atoms with Crippen LogP contribution >= 0.6 is 11.8 Å². The van der Waals surface area contributed by atoms with Crippen LogP contribution in [-0.2, 0) is 4.74 Å². The van der Waals surface area contributed by atoms with Crippen LogP contribution in [0.25, 0.3) is 0 Å². The second kappa shape index (κ2) is 6.96. The lowest BCUT2D eigenvalue weighted by Crippen LogP contribution is -2.31. The largest absolute Gasteiger partial charge is 0.377 e. The Kier molecular flexibility index (Phi) is 5.27. The zero-order valence-corrected chi connectivity index (χ0v) is 12.7. The number of rotatable bonds is 4. The minimum absolute atomic E-state index is 0.248. The summed E-state index contributed by atoms with van der Waals surface area (Å²) in [5, 5.41) is 4.08. The normalized spacial score (nSPS) is 20.2. The van der Waals surface area contributed by atoms with E-state index in [0.717, 1.165) is 49.5 Å². The highest BCUT2D eigenvalue weighted by Gasteiger charge is 2.17. The van der Waals surface area contributed by atoms with Gasteiger partial charge in [0, 0.05) is 32.3 Å². The SMILES string of the molecule is CCNc1cc(N2CCCOC(C)C2)nc(SC)n1. The number of hydrogen-bond donors (Lipinski definition) is 1. The topological polar surface area (TPSA) is 50.3 Å². The predicted molar refractivity (Wildman–Crippen MR) is 80.2 cm³/mol. The van der Waals surface area contributed by atoms with Gasteiger partial charge in [0.15, 0.2) is 5.16 Å². The summed E-state index contributed by atoms with van der Waals surface area (Å²) in [5.41, 5.74) is 0. The van der Waals surface area contributed by atoms with Crippen molar-refractivity contribution in [1.82, 2.24) is 9.97 Å². The number of aromatic nitrogens is 2. The molecule has 1 fully saturated rings. The smallest absolute Gasteiger partial charge is 0.191 e. The fourth-order valence-corrected chi connectivity index (χ4v) is 2.51. The maximum absolute atomic E-state index is 5.68. The van der Waals surface area contributed by atoms with Gasteiger partial charge >= 0.3 is 0 Å². The van der Waals surface area contributed by atoms with E-state index in [2.05, 4.69) is 34.0 Å². The molecule has 0 spiro atoms. The third-order valence-electron chi connectivity index (χ3n) is 3.01. The molecular formula is C13H22N4OS. The Morgan fingerprint density at radius 2 is 2.37 bits per heavy atom. The average Bonchev–Trinajstić information content (AvgIpc) is 2.63. The minimum atomic E-state index is 0.248. The summed E-state index contributed by atoms with van der Waals surface area (Å²) in [6.07, 6.45) is 3.29. The maximum Gasteiger partial charge on any atom is 0.191 e. The van der Waals surface area contributed by atoms with Crippen LogP contribution in [0.3, 0.4) is 0 Å². The molecule has 0 bridgehead atoms. The van der Waals surface area contributed by atoms with Gasteiger partial charge < -0.3 is 15.0 Å². The molecular weight excluding hydrogens is 260 g/mol. The van der Waals surface area contributed by atoms with Gasteiger partial charge in [-0.15, -0.1) is 0 Å². The summed E-state index contributed by atoms with van der Waals surface area (Å²) >= 11 is 1.57. The molecule has 0 aromatic carbocycles. The van der Waals surface area contributed by atoms with E-state index in [0.29, 0.717) is 0 Å². The molecule has 0 saturated carbocycles. The molecule has 1 saturated heterocycles. The first kappa shape index (κ1) is 14.4. The number of nitrogens with one attached hydrogen (secondary N) is 1. The van der Waals surface area contributed by atoms with Crippen LogP contribution in [0, 0.1) is 0 Å². The molecule has 2 heterocycles. The van der Waals surface area contributed by atoms with Gasteiger partial charge in [0.05, 0.1) is 6.10 Å². The first-order valence-electron chi connectivity index (χ1n) is 6.76. The molecule has 6 heteroatoms. The van der Waals surface area contributed by atoms with Crippen molar-refractivity contribution >= 4 is 23.4 Å². The summed E-state index contributed by atoms with van der Waals surface area (Å²) < 4.78 is 5.68. The van der Waals surface area contributed by atoms with Crippen molar-refractivity contribution in [2.75, 3.05) is 42.7 Å². The summed E-state index contributed by atoms with van der Waals surface area (Å²) in [5.74, 6) is 1.89. The lowest BCUT2D eigenvalue weighted by Gasteiger charge is -2.23. The van der Waals surface area contributed by atoms with Gasteiger partial charge in [-0.25, -0.2) is 9.97 Å². The Morgan fingerprint density at radius 3 is 3.11 bits per heavy atom. The molecule has 5 nitrogen and oxygen atoms in total. The van der Waals surface area contributed by atoms with E-state index < -0.39 is 0 Å². The first-order chi connectivity index (χ1) is 9.22. The highest BCUT2D eigenvalue weighted by atomic mass is 32.2. The van der Waals surface area contributed by atoms with Crippen LogP contribution in [0.1, 0.15) is 20.3 Å². The second-order valence-corrected chi connectivity index (χ2v) is 5.38. The van der Waals surface area contributed by atoms with Crippen molar-refractivity contribution in [1.29, 1.82) is 0 Å². The molecule has 1 atom stereocenters. The van der Waals surface area contributed by atoms with Crippen LogP contribution in [0.2, 0.25) is 0 Å². The van der Waals surface area contributed by atoms with Gasteiger partial charge in [0.25, 0.3) is 0 Å². The Bertz CT molecular complexity index is 416. The van der Waals surface area contributed by atoms with E-state index in [1.165, 1.54) is 0 Å². The van der Waals surface area contributed by atoms with Gasteiger partial charge in [-0.3, -0.25) is 0 Å². The lowest BCUT2D eigenvalue weighted by molar-refractivity contribution is 0.0820. The molecule has 2 rings (SSSR count). The summed E-state index contributed by atoms with van der Waals surface area (Å²) in [6, 6.07) is 2.03. The van der Waals surface area contributed by atoms with Crippen LogP contribution in [0.4, 0.5) is 11.6 Å². The van der Waals surface area contributed by atoms with Gasteiger partial charge in [0.1, 0.15) is 11.6 Å². The van der Waals surface area contributed by atoms with E-state index in [9.17, 15) is 0 Å². The van der Waals surface area contributed by atoms with Crippen molar-refractivity contribution in [3.8, 4) is 0 Å². The van der Waals surface area contributed by atoms with Crippen molar-refractivity contribution in [3.63, 3.8) is 0 Å². The molecule has 1 aliphatic rings. The van der Waals surface area contributed by atoms with Gasteiger partial charge in [-0.05, 0) is 26.5 Å². The van der Waals surface area contributed by atoms with Crippen LogP contribution in [0.15, 0.2) is 11.2 Å². The summed E-state index contributed by atoms with van der Waals surface area (Å²) in [7, 11) is 0. The quantitative estimate of drug-likeness (QED) is 0.675. The summed E-state index contributed by atoms with van der Waals surface area (Å²) in [4.78, 5) is 11.4. The molecule has 1 aliphatic heterocycles. The minimum Gasteiger partial charge on any atom is -0.377 e. The highest BCUT2D eigenvalue weighted by Crippen LogP contribution is 2.22. The van der Waals surface area contributed by atoms with Crippen molar-refractivity contribution in [3.05, 3.63) is 6.07 Å². The van der Waals surface area contributed by atoms with Gasteiger partial charge in [0.2, 0.25) is 0 Å². The molecule has 1 aromatic heterocycles. The molecule has 0 aliphatic carbocycles. The molecule has 0 radical (unpaired) electrons.